The van der Waals surface area contributed by atoms with E-state index in [1.165, 1.54) is 16.9 Å². The zero-order valence-electron chi connectivity index (χ0n) is 9.93. The SMILES string of the molecule is Cc1cc(Nc2ccc(Cl)cc2F)n2ncnc2n1. The Bertz CT molecular complexity index is 755. The Morgan fingerprint density at radius 2 is 2.16 bits per heavy atom. The molecular weight excluding hydrogens is 269 g/mol. The van der Waals surface area contributed by atoms with Crippen LogP contribution in [-0.4, -0.2) is 19.6 Å². The van der Waals surface area contributed by atoms with Gasteiger partial charge >= 0.3 is 0 Å². The zero-order chi connectivity index (χ0) is 13.4. The number of aromatic nitrogens is 4. The summed E-state index contributed by atoms with van der Waals surface area (Å²) in [5.74, 6) is 0.605. The molecule has 0 unspecified atom stereocenters. The van der Waals surface area contributed by atoms with Crippen molar-refractivity contribution in [2.24, 2.45) is 0 Å². The van der Waals surface area contributed by atoms with Crippen LogP contribution in [0.5, 0.6) is 0 Å². The molecule has 0 aliphatic heterocycles. The molecule has 0 aliphatic rings. The van der Waals surface area contributed by atoms with Crippen LogP contribution in [0.4, 0.5) is 15.9 Å². The molecule has 1 N–H and O–H groups in total. The van der Waals surface area contributed by atoms with E-state index in [1.807, 2.05) is 6.92 Å². The maximum absolute atomic E-state index is 13.8. The first kappa shape index (κ1) is 11.9. The average Bonchev–Trinajstić information content (AvgIpc) is 2.80. The number of fused-ring (bicyclic) bond motifs is 1. The topological polar surface area (TPSA) is 55.1 Å². The zero-order valence-corrected chi connectivity index (χ0v) is 10.7. The van der Waals surface area contributed by atoms with E-state index in [-0.39, 0.29) is 0 Å². The highest BCUT2D eigenvalue weighted by Gasteiger charge is 2.08. The van der Waals surface area contributed by atoms with Crippen molar-refractivity contribution in [3.8, 4) is 0 Å². The van der Waals surface area contributed by atoms with E-state index in [9.17, 15) is 4.39 Å². The molecule has 3 rings (SSSR count). The molecule has 0 amide bonds. The van der Waals surface area contributed by atoms with Gasteiger partial charge < -0.3 is 5.32 Å². The second-order valence-electron chi connectivity index (χ2n) is 4.00. The van der Waals surface area contributed by atoms with Crippen molar-refractivity contribution in [1.82, 2.24) is 19.6 Å². The summed E-state index contributed by atoms with van der Waals surface area (Å²) in [7, 11) is 0. The van der Waals surface area contributed by atoms with Gasteiger partial charge in [-0.1, -0.05) is 11.6 Å². The normalized spacial score (nSPS) is 10.9. The van der Waals surface area contributed by atoms with Gasteiger partial charge in [-0.3, -0.25) is 0 Å². The predicted molar refractivity (Wildman–Crippen MR) is 70.2 cm³/mol. The maximum Gasteiger partial charge on any atom is 0.254 e. The molecule has 0 radical (unpaired) electrons. The molecule has 0 saturated carbocycles. The number of halogens is 2. The number of nitrogens with one attached hydrogen (secondary N) is 1. The Morgan fingerprint density at radius 1 is 1.32 bits per heavy atom. The molecule has 0 atom stereocenters. The van der Waals surface area contributed by atoms with E-state index in [2.05, 4.69) is 20.4 Å². The Labute approximate surface area is 113 Å². The third-order valence-electron chi connectivity index (χ3n) is 2.57. The molecule has 7 heteroatoms. The highest BCUT2D eigenvalue weighted by Crippen LogP contribution is 2.23. The molecule has 2 aromatic heterocycles. The summed E-state index contributed by atoms with van der Waals surface area (Å²) in [6, 6.07) is 6.18. The molecule has 3 aromatic rings. The Morgan fingerprint density at radius 3 is 2.95 bits per heavy atom. The van der Waals surface area contributed by atoms with Gasteiger partial charge in [-0.15, -0.1) is 0 Å². The van der Waals surface area contributed by atoms with E-state index in [1.54, 1.807) is 18.2 Å². The Kier molecular flexibility index (Phi) is 2.79. The number of hydrogen-bond donors (Lipinski definition) is 1. The van der Waals surface area contributed by atoms with Crippen molar-refractivity contribution in [1.29, 1.82) is 0 Å². The summed E-state index contributed by atoms with van der Waals surface area (Å²) >= 11 is 5.72. The average molecular weight is 278 g/mol. The van der Waals surface area contributed by atoms with Gasteiger partial charge in [-0.05, 0) is 25.1 Å². The lowest BCUT2D eigenvalue weighted by Crippen LogP contribution is -2.03. The first-order chi connectivity index (χ1) is 9.13. The van der Waals surface area contributed by atoms with Gasteiger partial charge in [0.15, 0.2) is 0 Å². The lowest BCUT2D eigenvalue weighted by molar-refractivity contribution is 0.631. The number of anilines is 2. The van der Waals surface area contributed by atoms with E-state index >= 15 is 0 Å². The maximum atomic E-state index is 13.8. The largest absolute Gasteiger partial charge is 0.338 e. The van der Waals surface area contributed by atoms with Crippen LogP contribution in [0, 0.1) is 12.7 Å². The molecule has 96 valence electrons. The van der Waals surface area contributed by atoms with E-state index in [0.29, 0.717) is 22.3 Å². The second kappa shape index (κ2) is 4.47. The molecule has 5 nitrogen and oxygen atoms in total. The van der Waals surface area contributed by atoms with Crippen LogP contribution in [0.3, 0.4) is 0 Å². The highest BCUT2D eigenvalue weighted by molar-refractivity contribution is 6.30. The summed E-state index contributed by atoms with van der Waals surface area (Å²) in [6.45, 7) is 1.83. The van der Waals surface area contributed by atoms with Gasteiger partial charge in [0.25, 0.3) is 5.78 Å². The molecule has 0 fully saturated rings. The van der Waals surface area contributed by atoms with Gasteiger partial charge in [-0.25, -0.2) is 9.37 Å². The first-order valence-electron chi connectivity index (χ1n) is 5.53. The fourth-order valence-electron chi connectivity index (χ4n) is 1.75. The van der Waals surface area contributed by atoms with Gasteiger partial charge in [-0.2, -0.15) is 14.6 Å². The van der Waals surface area contributed by atoms with Gasteiger partial charge in [0.2, 0.25) is 0 Å². The van der Waals surface area contributed by atoms with E-state index < -0.39 is 5.82 Å². The standard InChI is InChI=1S/C12H9ClFN5/c1-7-4-11(19-12(17-7)15-6-16-19)18-10-3-2-8(13)5-9(10)14/h2-6,18H,1H3. The predicted octanol–water partition coefficient (Wildman–Crippen LogP) is 2.97. The Hall–Kier alpha value is -2.21. The van der Waals surface area contributed by atoms with Crippen molar-refractivity contribution in [2.45, 2.75) is 6.92 Å². The fourth-order valence-corrected chi connectivity index (χ4v) is 1.91. The van der Waals surface area contributed by atoms with E-state index in [4.69, 9.17) is 11.6 Å². The minimum atomic E-state index is -0.435. The van der Waals surface area contributed by atoms with Crippen molar-refractivity contribution in [3.05, 3.63) is 47.1 Å². The van der Waals surface area contributed by atoms with E-state index in [0.717, 1.165) is 5.69 Å². The molecule has 19 heavy (non-hydrogen) atoms. The lowest BCUT2D eigenvalue weighted by Gasteiger charge is -2.09. The molecular formula is C12H9ClFN5. The summed E-state index contributed by atoms with van der Waals surface area (Å²) in [6.07, 6.45) is 1.39. The molecule has 1 aromatic carbocycles. The summed E-state index contributed by atoms with van der Waals surface area (Å²) in [5.41, 5.74) is 1.07. The first-order valence-corrected chi connectivity index (χ1v) is 5.91. The van der Waals surface area contributed by atoms with Gasteiger partial charge in [0.1, 0.15) is 18.0 Å². The number of hydrogen-bond acceptors (Lipinski definition) is 4. The number of aryl methyl sites for hydroxylation is 1. The molecule has 0 spiro atoms. The van der Waals surface area contributed by atoms with Crippen molar-refractivity contribution in [2.75, 3.05) is 5.32 Å². The fraction of sp³-hybridized carbons (Fsp3) is 0.0833. The van der Waals surface area contributed by atoms with Crippen LogP contribution in [0.1, 0.15) is 5.69 Å². The monoisotopic (exact) mass is 277 g/mol. The van der Waals surface area contributed by atoms with Crippen LogP contribution < -0.4 is 5.32 Å². The molecule has 0 bridgehead atoms. The third-order valence-corrected chi connectivity index (χ3v) is 2.81. The van der Waals surface area contributed by atoms with Crippen LogP contribution >= 0.6 is 11.6 Å². The van der Waals surface area contributed by atoms with Crippen LogP contribution in [0.2, 0.25) is 5.02 Å². The third kappa shape index (κ3) is 2.22. The minimum absolute atomic E-state index is 0.312. The number of rotatable bonds is 2. The van der Waals surface area contributed by atoms with Crippen LogP contribution in [0.15, 0.2) is 30.6 Å². The summed E-state index contributed by atoms with van der Waals surface area (Å²) in [5, 5.41) is 7.34. The summed E-state index contributed by atoms with van der Waals surface area (Å²) < 4.78 is 15.3. The van der Waals surface area contributed by atoms with Gasteiger partial charge in [0.05, 0.1) is 5.69 Å². The Balaban J connectivity index is 2.07. The minimum Gasteiger partial charge on any atom is -0.338 e. The van der Waals surface area contributed by atoms with Crippen molar-refractivity contribution >= 4 is 28.9 Å². The van der Waals surface area contributed by atoms with Gasteiger partial charge in [0, 0.05) is 16.8 Å². The quantitative estimate of drug-likeness (QED) is 0.782. The summed E-state index contributed by atoms with van der Waals surface area (Å²) in [4.78, 5) is 8.21. The molecule has 0 saturated heterocycles. The number of nitrogens with zero attached hydrogens (tertiary/aromatic N) is 4. The lowest BCUT2D eigenvalue weighted by atomic mass is 10.3. The number of benzene rings is 1. The molecule has 2 heterocycles. The smallest absolute Gasteiger partial charge is 0.254 e. The second-order valence-corrected chi connectivity index (χ2v) is 4.44. The highest BCUT2D eigenvalue weighted by atomic mass is 35.5. The van der Waals surface area contributed by atoms with Crippen molar-refractivity contribution < 1.29 is 4.39 Å². The molecule has 0 aliphatic carbocycles. The van der Waals surface area contributed by atoms with Crippen molar-refractivity contribution in [3.63, 3.8) is 0 Å². The van der Waals surface area contributed by atoms with Crippen LogP contribution in [-0.2, 0) is 0 Å². The van der Waals surface area contributed by atoms with Crippen LogP contribution in [0.25, 0.3) is 5.78 Å².